The molecule has 0 bridgehead atoms. The van der Waals surface area contributed by atoms with Crippen molar-refractivity contribution < 1.29 is 75.3 Å². The van der Waals surface area contributed by atoms with Gasteiger partial charge in [-0.25, -0.2) is 0 Å². The summed E-state index contributed by atoms with van der Waals surface area (Å²) in [5, 5.41) is 10.8. The maximum absolute atomic E-state index is 12.8. The van der Waals surface area contributed by atoms with Crippen LogP contribution in [-0.4, -0.2) is 24.6 Å². The van der Waals surface area contributed by atoms with Crippen LogP contribution in [0.1, 0.15) is 11.1 Å². The van der Waals surface area contributed by atoms with Crippen molar-refractivity contribution >= 4 is 12.0 Å². The minimum Gasteiger partial charge on any atom is -0.545 e. The first-order valence-electron chi connectivity index (χ1n) is 5.95. The van der Waals surface area contributed by atoms with E-state index < -0.39 is 35.9 Å². The SMILES string of the molecule is Cc1cc(OC(F)(F)F)cc2c1O[C@H](C(F)(F)F)C(C(=O)[O-])=C2.[Na+]. The largest absolute Gasteiger partial charge is 1.00 e. The first-order valence-corrected chi connectivity index (χ1v) is 5.95. The molecule has 0 amide bonds. The van der Waals surface area contributed by atoms with Gasteiger partial charge in [0.15, 0.2) is 0 Å². The number of carboxylic acids is 1. The Morgan fingerprint density at radius 3 is 2.25 bits per heavy atom. The van der Waals surface area contributed by atoms with Crippen molar-refractivity contribution in [1.29, 1.82) is 0 Å². The average molecular weight is 364 g/mol. The maximum atomic E-state index is 12.8. The van der Waals surface area contributed by atoms with Gasteiger partial charge in [-0.2, -0.15) is 13.2 Å². The second-order valence-electron chi connectivity index (χ2n) is 4.63. The molecule has 0 saturated heterocycles. The van der Waals surface area contributed by atoms with Gasteiger partial charge in [0.1, 0.15) is 11.5 Å². The summed E-state index contributed by atoms with van der Waals surface area (Å²) >= 11 is 0. The summed E-state index contributed by atoms with van der Waals surface area (Å²) in [6.07, 6.45) is -12.3. The van der Waals surface area contributed by atoms with E-state index in [2.05, 4.69) is 9.47 Å². The molecule has 1 heterocycles. The Morgan fingerprint density at radius 1 is 1.21 bits per heavy atom. The van der Waals surface area contributed by atoms with Crippen molar-refractivity contribution in [3.63, 3.8) is 0 Å². The van der Waals surface area contributed by atoms with Gasteiger partial charge in [-0.3, -0.25) is 0 Å². The zero-order valence-electron chi connectivity index (χ0n) is 12.2. The van der Waals surface area contributed by atoms with Crippen LogP contribution in [0.2, 0.25) is 0 Å². The molecule has 1 atom stereocenters. The average Bonchev–Trinajstić information content (AvgIpc) is 2.33. The zero-order valence-corrected chi connectivity index (χ0v) is 14.2. The number of ether oxygens (including phenoxy) is 2. The third-order valence-corrected chi connectivity index (χ3v) is 2.87. The molecule has 0 fully saturated rings. The number of hydrogen-bond acceptors (Lipinski definition) is 4. The Hall–Kier alpha value is -1.39. The Kier molecular flexibility index (Phi) is 5.89. The fourth-order valence-electron chi connectivity index (χ4n) is 2.06. The number of aryl methyl sites for hydroxylation is 1. The Morgan fingerprint density at radius 2 is 1.79 bits per heavy atom. The number of carbonyl (C=O) groups excluding carboxylic acids is 1. The van der Waals surface area contributed by atoms with Gasteiger partial charge >= 0.3 is 42.1 Å². The van der Waals surface area contributed by atoms with Crippen molar-refractivity contribution in [2.45, 2.75) is 25.6 Å². The maximum Gasteiger partial charge on any atom is 1.00 e. The van der Waals surface area contributed by atoms with Gasteiger partial charge in [0.2, 0.25) is 6.10 Å². The van der Waals surface area contributed by atoms with Gasteiger partial charge in [-0.05, 0) is 30.7 Å². The van der Waals surface area contributed by atoms with Crippen LogP contribution < -0.4 is 44.1 Å². The minimum absolute atomic E-state index is 0. The van der Waals surface area contributed by atoms with Crippen molar-refractivity contribution in [1.82, 2.24) is 0 Å². The minimum atomic E-state index is -5.03. The Labute approximate surface area is 153 Å². The molecule has 0 N–H and O–H groups in total. The van der Waals surface area contributed by atoms with E-state index in [1.54, 1.807) is 0 Å². The zero-order chi connectivity index (χ0) is 17.6. The molecule has 4 nitrogen and oxygen atoms in total. The Balaban J connectivity index is 0.00000288. The standard InChI is InChI=1S/C13H8F6O4.Na/c1-5-2-7(23-13(17,18)19)3-6-4-8(11(20)21)10(12(14,15)16)22-9(5)6;/h2-4,10H,1H3,(H,20,21);/q;+1/p-1/t10-;/m0./s1. The summed E-state index contributed by atoms with van der Waals surface area (Å²) in [4.78, 5) is 10.8. The number of fused-ring (bicyclic) bond motifs is 1. The first kappa shape index (κ1) is 20.7. The van der Waals surface area contributed by atoms with E-state index in [4.69, 9.17) is 0 Å². The van der Waals surface area contributed by atoms with E-state index in [-0.39, 0.29) is 46.4 Å². The third-order valence-electron chi connectivity index (χ3n) is 2.87. The molecule has 1 aliphatic heterocycles. The predicted octanol–water partition coefficient (Wildman–Crippen LogP) is -0.646. The van der Waals surface area contributed by atoms with Crippen LogP contribution in [0.3, 0.4) is 0 Å². The first-order chi connectivity index (χ1) is 10.4. The number of benzene rings is 1. The normalized spacial score (nSPS) is 17.1. The van der Waals surface area contributed by atoms with Crippen LogP contribution in [0.25, 0.3) is 6.08 Å². The molecule has 1 aromatic carbocycles. The van der Waals surface area contributed by atoms with Crippen LogP contribution >= 0.6 is 0 Å². The van der Waals surface area contributed by atoms with E-state index in [1.165, 1.54) is 6.92 Å². The molecule has 2 rings (SSSR count). The van der Waals surface area contributed by atoms with Gasteiger partial charge in [-0.15, -0.1) is 13.2 Å². The van der Waals surface area contributed by atoms with Gasteiger partial charge < -0.3 is 19.4 Å². The van der Waals surface area contributed by atoms with Gasteiger partial charge in [-0.1, -0.05) is 0 Å². The molecule has 0 aliphatic carbocycles. The summed E-state index contributed by atoms with van der Waals surface area (Å²) in [6.45, 7) is 1.20. The molecule has 0 saturated carbocycles. The number of alkyl halides is 6. The molecule has 1 aromatic rings. The molecule has 24 heavy (non-hydrogen) atoms. The molecule has 1 aliphatic rings. The monoisotopic (exact) mass is 364 g/mol. The van der Waals surface area contributed by atoms with Gasteiger partial charge in [0.25, 0.3) is 0 Å². The summed E-state index contributed by atoms with van der Waals surface area (Å²) in [5.74, 6) is -3.23. The number of carboxylic acid groups (broad SMARTS) is 1. The van der Waals surface area contributed by atoms with Crippen LogP contribution in [0.5, 0.6) is 11.5 Å². The number of carbonyl (C=O) groups is 1. The quantitative estimate of drug-likeness (QED) is 0.517. The number of hydrogen-bond donors (Lipinski definition) is 0. The van der Waals surface area contributed by atoms with E-state index in [0.717, 1.165) is 12.1 Å². The molecule has 0 aromatic heterocycles. The van der Waals surface area contributed by atoms with Crippen molar-refractivity contribution in [3.05, 3.63) is 28.8 Å². The summed E-state index contributed by atoms with van der Waals surface area (Å²) in [5.41, 5.74) is -1.61. The van der Waals surface area contributed by atoms with Crippen LogP contribution in [-0.2, 0) is 4.79 Å². The summed E-state index contributed by atoms with van der Waals surface area (Å²) in [7, 11) is 0. The van der Waals surface area contributed by atoms with Crippen LogP contribution in [0, 0.1) is 6.92 Å². The van der Waals surface area contributed by atoms with Gasteiger partial charge in [0, 0.05) is 11.1 Å². The fraction of sp³-hybridized carbons (Fsp3) is 0.308. The molecular formula is C13H7F6NaO4. The summed E-state index contributed by atoms with van der Waals surface area (Å²) < 4.78 is 83.5. The summed E-state index contributed by atoms with van der Waals surface area (Å²) in [6, 6.07) is 1.56. The van der Waals surface area contributed by atoms with E-state index in [1.807, 2.05) is 0 Å². The fourth-order valence-corrected chi connectivity index (χ4v) is 2.06. The molecule has 11 heteroatoms. The Bertz CT molecular complexity index is 680. The number of rotatable bonds is 2. The molecule has 0 radical (unpaired) electrons. The van der Waals surface area contributed by atoms with E-state index >= 15 is 0 Å². The number of aliphatic carboxylic acids is 1. The molecule has 0 unspecified atom stereocenters. The number of halogens is 6. The van der Waals surface area contributed by atoms with Crippen LogP contribution in [0.4, 0.5) is 26.3 Å². The second-order valence-corrected chi connectivity index (χ2v) is 4.63. The van der Waals surface area contributed by atoms with E-state index in [9.17, 15) is 36.2 Å². The molecular weight excluding hydrogens is 357 g/mol. The second kappa shape index (κ2) is 6.85. The third kappa shape index (κ3) is 4.58. The van der Waals surface area contributed by atoms with E-state index in [0.29, 0.717) is 6.08 Å². The molecule has 0 spiro atoms. The van der Waals surface area contributed by atoms with Crippen molar-refractivity contribution in [2.75, 3.05) is 0 Å². The molecule has 126 valence electrons. The van der Waals surface area contributed by atoms with Crippen LogP contribution in [0.15, 0.2) is 17.7 Å². The smallest absolute Gasteiger partial charge is 0.545 e. The predicted molar refractivity (Wildman–Crippen MR) is 61.3 cm³/mol. The topological polar surface area (TPSA) is 58.6 Å². The van der Waals surface area contributed by atoms with Crippen molar-refractivity contribution in [2.24, 2.45) is 0 Å². The van der Waals surface area contributed by atoms with Crippen molar-refractivity contribution in [3.8, 4) is 11.5 Å². The van der Waals surface area contributed by atoms with Gasteiger partial charge in [0.05, 0.1) is 5.97 Å².